The lowest BCUT2D eigenvalue weighted by Gasteiger charge is -2.47. The van der Waals surface area contributed by atoms with E-state index in [0.29, 0.717) is 11.5 Å². The highest BCUT2D eigenvalue weighted by atomic mass is 16.5. The highest BCUT2D eigenvalue weighted by Crippen LogP contribution is 2.42. The summed E-state index contributed by atoms with van der Waals surface area (Å²) in [6.45, 7) is 7.76. The second-order valence-corrected chi connectivity index (χ2v) is 3.77. The van der Waals surface area contributed by atoms with E-state index in [9.17, 15) is 0 Å². The fraction of sp³-hybridized carbons (Fsp3) is 1.00. The van der Waals surface area contributed by atoms with Crippen LogP contribution in [-0.4, -0.2) is 12.7 Å². The summed E-state index contributed by atoms with van der Waals surface area (Å²) >= 11 is 0. The third kappa shape index (κ3) is 1.58. The van der Waals surface area contributed by atoms with Gasteiger partial charge in [0.15, 0.2) is 0 Å². The zero-order valence-electron chi connectivity index (χ0n) is 8.02. The molecule has 66 valence electrons. The number of hydrogen-bond donors (Lipinski definition) is 0. The molecule has 0 N–H and O–H groups in total. The van der Waals surface area contributed by atoms with E-state index in [2.05, 4.69) is 20.8 Å². The largest absolute Gasteiger partial charge is 0.377 e. The normalized spacial score (nSPS) is 36.8. The fourth-order valence-corrected chi connectivity index (χ4v) is 1.86. The van der Waals surface area contributed by atoms with Crippen molar-refractivity contribution in [3.63, 3.8) is 0 Å². The Balaban J connectivity index is 2.35. The van der Waals surface area contributed by atoms with Crippen molar-refractivity contribution in [1.82, 2.24) is 0 Å². The first kappa shape index (κ1) is 9.05. The number of hydrogen-bond acceptors (Lipinski definition) is 1. The molecular formula is C10H20O. The standard InChI is InChI=1S/C10H20O/c1-4-6-7-10(5-2)8-11-9(10)3/h9H,4-8H2,1-3H3. The predicted octanol–water partition coefficient (Wildman–Crippen LogP) is 2.99. The van der Waals surface area contributed by atoms with Crippen molar-refractivity contribution in [2.75, 3.05) is 6.61 Å². The highest BCUT2D eigenvalue weighted by molar-refractivity contribution is 4.90. The molecule has 1 heterocycles. The van der Waals surface area contributed by atoms with Crippen LogP contribution in [0.2, 0.25) is 0 Å². The van der Waals surface area contributed by atoms with Crippen molar-refractivity contribution in [2.45, 2.75) is 52.6 Å². The molecule has 1 rings (SSSR count). The van der Waals surface area contributed by atoms with Crippen molar-refractivity contribution in [2.24, 2.45) is 5.41 Å². The Labute approximate surface area is 70.1 Å². The van der Waals surface area contributed by atoms with Gasteiger partial charge in [0, 0.05) is 5.41 Å². The summed E-state index contributed by atoms with van der Waals surface area (Å²) in [5, 5.41) is 0. The van der Waals surface area contributed by atoms with Crippen molar-refractivity contribution in [3.05, 3.63) is 0 Å². The maximum Gasteiger partial charge on any atom is 0.0625 e. The summed E-state index contributed by atoms with van der Waals surface area (Å²) in [5.41, 5.74) is 0.552. The van der Waals surface area contributed by atoms with Gasteiger partial charge in [-0.15, -0.1) is 0 Å². The molecule has 2 atom stereocenters. The molecule has 0 saturated carbocycles. The Bertz CT molecular complexity index is 118. The van der Waals surface area contributed by atoms with Crippen LogP contribution in [0, 0.1) is 5.41 Å². The molecule has 0 amide bonds. The second kappa shape index (κ2) is 3.57. The molecule has 11 heavy (non-hydrogen) atoms. The van der Waals surface area contributed by atoms with Crippen LogP contribution in [0.4, 0.5) is 0 Å². The van der Waals surface area contributed by atoms with Crippen molar-refractivity contribution < 1.29 is 4.74 Å². The van der Waals surface area contributed by atoms with E-state index in [1.54, 1.807) is 0 Å². The average molecular weight is 156 g/mol. The van der Waals surface area contributed by atoms with Gasteiger partial charge in [-0.05, 0) is 19.8 Å². The summed E-state index contributed by atoms with van der Waals surface area (Å²) < 4.78 is 5.43. The van der Waals surface area contributed by atoms with Crippen molar-refractivity contribution >= 4 is 0 Å². The monoisotopic (exact) mass is 156 g/mol. The zero-order chi connectivity index (χ0) is 8.32. The van der Waals surface area contributed by atoms with E-state index in [1.807, 2.05) is 0 Å². The predicted molar refractivity (Wildman–Crippen MR) is 47.7 cm³/mol. The van der Waals surface area contributed by atoms with E-state index in [0.717, 1.165) is 6.61 Å². The van der Waals surface area contributed by atoms with Gasteiger partial charge in [0.25, 0.3) is 0 Å². The molecule has 1 nitrogen and oxygen atoms in total. The third-order valence-electron chi connectivity index (χ3n) is 3.22. The summed E-state index contributed by atoms with van der Waals surface area (Å²) in [6, 6.07) is 0. The summed E-state index contributed by atoms with van der Waals surface area (Å²) in [6.07, 6.45) is 5.84. The Morgan fingerprint density at radius 3 is 2.45 bits per heavy atom. The van der Waals surface area contributed by atoms with Crippen LogP contribution in [0.15, 0.2) is 0 Å². The van der Waals surface area contributed by atoms with Crippen LogP contribution >= 0.6 is 0 Å². The molecule has 0 aliphatic carbocycles. The van der Waals surface area contributed by atoms with Gasteiger partial charge in [-0.25, -0.2) is 0 Å². The van der Waals surface area contributed by atoms with Gasteiger partial charge in [-0.2, -0.15) is 0 Å². The number of unbranched alkanes of at least 4 members (excludes halogenated alkanes) is 1. The smallest absolute Gasteiger partial charge is 0.0625 e. The van der Waals surface area contributed by atoms with Gasteiger partial charge >= 0.3 is 0 Å². The quantitative estimate of drug-likeness (QED) is 0.608. The molecule has 1 aliphatic heterocycles. The molecular weight excluding hydrogens is 136 g/mol. The van der Waals surface area contributed by atoms with Crippen LogP contribution in [0.3, 0.4) is 0 Å². The van der Waals surface area contributed by atoms with E-state index in [4.69, 9.17) is 4.74 Å². The second-order valence-electron chi connectivity index (χ2n) is 3.77. The van der Waals surface area contributed by atoms with Gasteiger partial charge in [0.1, 0.15) is 0 Å². The molecule has 0 aromatic heterocycles. The molecule has 1 aliphatic rings. The molecule has 0 spiro atoms. The highest BCUT2D eigenvalue weighted by Gasteiger charge is 2.42. The lowest BCUT2D eigenvalue weighted by Crippen LogP contribution is -2.49. The van der Waals surface area contributed by atoms with E-state index in [1.165, 1.54) is 25.7 Å². The van der Waals surface area contributed by atoms with E-state index in [-0.39, 0.29) is 0 Å². The lowest BCUT2D eigenvalue weighted by atomic mass is 9.73. The molecule has 1 saturated heterocycles. The van der Waals surface area contributed by atoms with Gasteiger partial charge < -0.3 is 4.74 Å². The van der Waals surface area contributed by atoms with Crippen LogP contribution < -0.4 is 0 Å². The molecule has 0 aromatic rings. The van der Waals surface area contributed by atoms with Crippen LogP contribution in [-0.2, 0) is 4.74 Å². The first-order chi connectivity index (χ1) is 5.25. The Morgan fingerprint density at radius 1 is 1.45 bits per heavy atom. The minimum atomic E-state index is 0.513. The SMILES string of the molecule is CCCCC1(CC)COC1C. The zero-order valence-corrected chi connectivity index (χ0v) is 8.02. The maximum absolute atomic E-state index is 5.43. The molecule has 1 heteroatoms. The molecule has 0 radical (unpaired) electrons. The lowest BCUT2D eigenvalue weighted by molar-refractivity contribution is -0.183. The average Bonchev–Trinajstić information content (AvgIpc) is 2.04. The summed E-state index contributed by atoms with van der Waals surface area (Å²) in [4.78, 5) is 0. The Kier molecular flexibility index (Phi) is 2.94. The van der Waals surface area contributed by atoms with Crippen LogP contribution in [0.1, 0.15) is 46.5 Å². The third-order valence-corrected chi connectivity index (χ3v) is 3.22. The van der Waals surface area contributed by atoms with Gasteiger partial charge in [0.05, 0.1) is 12.7 Å². The van der Waals surface area contributed by atoms with Gasteiger partial charge in [-0.3, -0.25) is 0 Å². The molecule has 0 bridgehead atoms. The maximum atomic E-state index is 5.43. The van der Waals surface area contributed by atoms with E-state index >= 15 is 0 Å². The van der Waals surface area contributed by atoms with Crippen molar-refractivity contribution in [3.8, 4) is 0 Å². The number of ether oxygens (including phenoxy) is 1. The summed E-state index contributed by atoms with van der Waals surface area (Å²) in [5.74, 6) is 0. The van der Waals surface area contributed by atoms with Gasteiger partial charge in [-0.1, -0.05) is 26.7 Å². The topological polar surface area (TPSA) is 9.23 Å². The van der Waals surface area contributed by atoms with Crippen LogP contribution in [0.25, 0.3) is 0 Å². The van der Waals surface area contributed by atoms with E-state index < -0.39 is 0 Å². The first-order valence-electron chi connectivity index (χ1n) is 4.87. The molecule has 1 fully saturated rings. The first-order valence-corrected chi connectivity index (χ1v) is 4.87. The molecule has 2 unspecified atom stereocenters. The van der Waals surface area contributed by atoms with Gasteiger partial charge in [0.2, 0.25) is 0 Å². The Hall–Kier alpha value is -0.0400. The van der Waals surface area contributed by atoms with Crippen molar-refractivity contribution in [1.29, 1.82) is 0 Å². The number of rotatable bonds is 4. The minimum absolute atomic E-state index is 0.513. The summed E-state index contributed by atoms with van der Waals surface area (Å²) in [7, 11) is 0. The molecule has 0 aromatic carbocycles. The minimum Gasteiger partial charge on any atom is -0.377 e. The fourth-order valence-electron chi connectivity index (χ4n) is 1.86. The Morgan fingerprint density at radius 2 is 2.18 bits per heavy atom. The van der Waals surface area contributed by atoms with Crippen LogP contribution in [0.5, 0.6) is 0 Å².